The fourth-order valence-electron chi connectivity index (χ4n) is 2.43. The van der Waals surface area contributed by atoms with E-state index in [-0.39, 0.29) is 5.84 Å². The van der Waals surface area contributed by atoms with Gasteiger partial charge in [-0.25, -0.2) is 4.79 Å². The van der Waals surface area contributed by atoms with Gasteiger partial charge in [-0.05, 0) is 66.1 Å². The standard InChI is InChI=1S/C18H28BN3O4/c1-16(2,3)24-15(23)22-13-9-8-11(10-12(13)14(20)21)19-25-17(4,5)18(6,7)26-19/h8-10H,1-7H3,(H3,20,21)(H,22,23). The Morgan fingerprint density at radius 2 is 1.73 bits per heavy atom. The van der Waals surface area contributed by atoms with Gasteiger partial charge in [-0.15, -0.1) is 0 Å². The normalized spacial score (nSPS) is 18.5. The van der Waals surface area contributed by atoms with E-state index in [2.05, 4.69) is 5.32 Å². The smallest absolute Gasteiger partial charge is 0.444 e. The number of carbonyl (C=O) groups excluding carboxylic acids is 1. The second-order valence-corrected chi connectivity index (χ2v) is 8.43. The summed E-state index contributed by atoms with van der Waals surface area (Å²) in [6.45, 7) is 13.2. The summed E-state index contributed by atoms with van der Waals surface area (Å²) in [6, 6.07) is 5.14. The molecular formula is C18H28BN3O4. The highest BCUT2D eigenvalue weighted by Crippen LogP contribution is 2.36. The van der Waals surface area contributed by atoms with Crippen LogP contribution in [-0.2, 0) is 14.0 Å². The van der Waals surface area contributed by atoms with Crippen molar-refractivity contribution in [2.24, 2.45) is 5.73 Å². The number of nitrogens with one attached hydrogen (secondary N) is 2. The molecule has 0 saturated carbocycles. The Hall–Kier alpha value is -2.06. The quantitative estimate of drug-likeness (QED) is 0.436. The van der Waals surface area contributed by atoms with E-state index in [4.69, 9.17) is 25.2 Å². The number of hydrogen-bond donors (Lipinski definition) is 3. The highest BCUT2D eigenvalue weighted by molar-refractivity contribution is 6.62. The summed E-state index contributed by atoms with van der Waals surface area (Å²) in [5, 5.41) is 10.5. The van der Waals surface area contributed by atoms with Crippen molar-refractivity contribution < 1.29 is 18.8 Å². The lowest BCUT2D eigenvalue weighted by atomic mass is 9.78. The number of carbonyl (C=O) groups is 1. The first kappa shape index (κ1) is 20.3. The van der Waals surface area contributed by atoms with Gasteiger partial charge in [0.2, 0.25) is 0 Å². The summed E-state index contributed by atoms with van der Waals surface area (Å²) in [6.07, 6.45) is -0.608. The average Bonchev–Trinajstić information content (AvgIpc) is 2.65. The molecule has 0 aliphatic carbocycles. The lowest BCUT2D eigenvalue weighted by Crippen LogP contribution is -2.41. The molecular weight excluding hydrogens is 333 g/mol. The molecule has 7 nitrogen and oxygen atoms in total. The monoisotopic (exact) mass is 361 g/mol. The van der Waals surface area contributed by atoms with Crippen molar-refractivity contribution in [3.63, 3.8) is 0 Å². The molecule has 1 fully saturated rings. The Morgan fingerprint density at radius 3 is 2.19 bits per heavy atom. The van der Waals surface area contributed by atoms with Gasteiger partial charge in [0.25, 0.3) is 0 Å². The van der Waals surface area contributed by atoms with Gasteiger partial charge in [-0.3, -0.25) is 10.7 Å². The fraction of sp³-hybridized carbons (Fsp3) is 0.556. The van der Waals surface area contributed by atoms with E-state index < -0.39 is 30.0 Å². The minimum atomic E-state index is -0.622. The molecule has 1 aromatic carbocycles. The van der Waals surface area contributed by atoms with E-state index in [0.717, 1.165) is 5.46 Å². The molecule has 1 saturated heterocycles. The van der Waals surface area contributed by atoms with Crippen LogP contribution in [0.4, 0.5) is 10.5 Å². The Kier molecular flexibility index (Phi) is 5.14. The van der Waals surface area contributed by atoms with Crippen LogP contribution in [0.1, 0.15) is 54.0 Å². The molecule has 4 N–H and O–H groups in total. The van der Waals surface area contributed by atoms with Crippen molar-refractivity contribution in [1.29, 1.82) is 5.41 Å². The topological polar surface area (TPSA) is 107 Å². The second kappa shape index (κ2) is 6.59. The van der Waals surface area contributed by atoms with Crippen molar-refractivity contribution >= 4 is 30.2 Å². The summed E-state index contributed by atoms with van der Waals surface area (Å²) < 4.78 is 17.3. The predicted octanol–water partition coefficient (Wildman–Crippen LogP) is 2.62. The maximum atomic E-state index is 12.0. The number of hydrogen-bond acceptors (Lipinski definition) is 5. The van der Waals surface area contributed by atoms with E-state index in [0.29, 0.717) is 11.3 Å². The molecule has 2 rings (SSSR count). The van der Waals surface area contributed by atoms with Gasteiger partial charge < -0.3 is 19.8 Å². The molecule has 0 aromatic heterocycles. The number of amides is 1. The third kappa shape index (κ3) is 4.37. The number of ether oxygens (including phenoxy) is 1. The van der Waals surface area contributed by atoms with Crippen LogP contribution in [0.5, 0.6) is 0 Å². The molecule has 26 heavy (non-hydrogen) atoms. The number of nitrogens with two attached hydrogens (primary N) is 1. The first-order valence-electron chi connectivity index (χ1n) is 8.56. The molecule has 0 radical (unpaired) electrons. The minimum absolute atomic E-state index is 0.172. The van der Waals surface area contributed by atoms with Crippen LogP contribution in [0.2, 0.25) is 0 Å². The van der Waals surface area contributed by atoms with Gasteiger partial charge in [-0.2, -0.15) is 0 Å². The predicted molar refractivity (Wildman–Crippen MR) is 103 cm³/mol. The third-order valence-electron chi connectivity index (χ3n) is 4.49. The Labute approximate surface area is 155 Å². The third-order valence-corrected chi connectivity index (χ3v) is 4.49. The number of benzene rings is 1. The van der Waals surface area contributed by atoms with Crippen molar-refractivity contribution in [2.45, 2.75) is 65.3 Å². The van der Waals surface area contributed by atoms with E-state index in [1.165, 1.54) is 0 Å². The average molecular weight is 361 g/mol. The molecule has 1 aromatic rings. The largest absolute Gasteiger partial charge is 0.494 e. The summed E-state index contributed by atoms with van der Waals surface area (Å²) in [5.41, 5.74) is 5.64. The maximum Gasteiger partial charge on any atom is 0.494 e. The van der Waals surface area contributed by atoms with Gasteiger partial charge in [0, 0.05) is 5.56 Å². The van der Waals surface area contributed by atoms with E-state index in [1.807, 2.05) is 27.7 Å². The first-order chi connectivity index (χ1) is 11.7. The highest BCUT2D eigenvalue weighted by atomic mass is 16.7. The zero-order chi connectivity index (χ0) is 19.9. The van der Waals surface area contributed by atoms with Crippen LogP contribution in [0.3, 0.4) is 0 Å². The summed E-state index contributed by atoms with van der Waals surface area (Å²) in [4.78, 5) is 12.0. The first-order valence-corrected chi connectivity index (χ1v) is 8.56. The van der Waals surface area contributed by atoms with Crippen LogP contribution in [0, 0.1) is 5.41 Å². The van der Waals surface area contributed by atoms with Crippen LogP contribution in [0.15, 0.2) is 18.2 Å². The van der Waals surface area contributed by atoms with Crippen LogP contribution >= 0.6 is 0 Å². The molecule has 0 bridgehead atoms. The van der Waals surface area contributed by atoms with Gasteiger partial charge in [-0.1, -0.05) is 6.07 Å². The van der Waals surface area contributed by atoms with E-state index >= 15 is 0 Å². The van der Waals surface area contributed by atoms with Gasteiger partial charge in [0.15, 0.2) is 0 Å². The molecule has 1 amide bonds. The van der Waals surface area contributed by atoms with Crippen LogP contribution in [0.25, 0.3) is 0 Å². The van der Waals surface area contributed by atoms with Gasteiger partial charge in [0.1, 0.15) is 11.4 Å². The molecule has 0 spiro atoms. The summed E-state index contributed by atoms with van der Waals surface area (Å²) in [7, 11) is -0.575. The lowest BCUT2D eigenvalue weighted by Gasteiger charge is -2.32. The summed E-state index contributed by atoms with van der Waals surface area (Å²) in [5.74, 6) is -0.172. The van der Waals surface area contributed by atoms with Crippen molar-refractivity contribution in [2.75, 3.05) is 5.32 Å². The van der Waals surface area contributed by atoms with Gasteiger partial charge >= 0.3 is 13.2 Å². The van der Waals surface area contributed by atoms with Gasteiger partial charge in [0.05, 0.1) is 16.9 Å². The summed E-state index contributed by atoms with van der Waals surface area (Å²) >= 11 is 0. The molecule has 1 aliphatic rings. The fourth-order valence-corrected chi connectivity index (χ4v) is 2.43. The number of anilines is 1. The van der Waals surface area contributed by atoms with Crippen molar-refractivity contribution in [3.05, 3.63) is 23.8 Å². The van der Waals surface area contributed by atoms with Crippen LogP contribution < -0.4 is 16.5 Å². The van der Waals surface area contributed by atoms with Crippen molar-refractivity contribution in [3.8, 4) is 0 Å². The Morgan fingerprint density at radius 1 is 1.19 bits per heavy atom. The highest BCUT2D eigenvalue weighted by Gasteiger charge is 2.51. The van der Waals surface area contributed by atoms with E-state index in [1.54, 1.807) is 39.0 Å². The lowest BCUT2D eigenvalue weighted by molar-refractivity contribution is 0.00578. The molecule has 0 unspecified atom stereocenters. The maximum absolute atomic E-state index is 12.0. The molecule has 8 heteroatoms. The number of nitrogen functional groups attached to an aromatic ring is 1. The molecule has 1 aliphatic heterocycles. The van der Waals surface area contributed by atoms with Crippen molar-refractivity contribution in [1.82, 2.24) is 0 Å². The Balaban J connectivity index is 2.27. The minimum Gasteiger partial charge on any atom is -0.444 e. The molecule has 0 atom stereocenters. The number of amidine groups is 1. The zero-order valence-corrected chi connectivity index (χ0v) is 16.5. The number of rotatable bonds is 3. The zero-order valence-electron chi connectivity index (χ0n) is 16.5. The van der Waals surface area contributed by atoms with E-state index in [9.17, 15) is 4.79 Å². The second-order valence-electron chi connectivity index (χ2n) is 8.43. The molecule has 1 heterocycles. The van der Waals surface area contributed by atoms with Crippen LogP contribution in [-0.4, -0.2) is 35.9 Å². The SMILES string of the molecule is CC(C)(C)OC(=O)Nc1ccc(B2OC(C)(C)C(C)(C)O2)cc1C(=N)N. The Bertz CT molecular complexity index is 710. The molecule has 142 valence electrons.